The molecular weight excluding hydrogens is 262 g/mol. The molecule has 106 valence electrons. The fourth-order valence-corrected chi connectivity index (χ4v) is 2.72. The van der Waals surface area contributed by atoms with Gasteiger partial charge in [-0.05, 0) is 36.6 Å². The Labute approximate surface area is 124 Å². The molecule has 21 heavy (non-hydrogen) atoms. The first-order chi connectivity index (χ1) is 10.2. The molecule has 0 saturated heterocycles. The average molecular weight is 279 g/mol. The van der Waals surface area contributed by atoms with Crippen LogP contribution in [0.25, 0.3) is 0 Å². The van der Waals surface area contributed by atoms with Gasteiger partial charge in [-0.1, -0.05) is 43.7 Å². The van der Waals surface area contributed by atoms with Crippen LogP contribution in [0.1, 0.15) is 46.0 Å². The summed E-state index contributed by atoms with van der Waals surface area (Å²) in [5.41, 5.74) is 2.76. The summed E-state index contributed by atoms with van der Waals surface area (Å²) in [6.45, 7) is 2.13. The lowest BCUT2D eigenvalue weighted by Gasteiger charge is -2.18. The van der Waals surface area contributed by atoms with E-state index in [1.54, 1.807) is 24.3 Å². The lowest BCUT2D eigenvalue weighted by Crippen LogP contribution is -2.30. The minimum atomic E-state index is -0.223. The molecule has 0 radical (unpaired) electrons. The number of hydrogen-bond acceptors (Lipinski definition) is 2. The van der Waals surface area contributed by atoms with Gasteiger partial charge in [0.25, 0.3) is 11.8 Å². The van der Waals surface area contributed by atoms with Crippen LogP contribution in [0.2, 0.25) is 0 Å². The maximum absolute atomic E-state index is 12.5. The van der Waals surface area contributed by atoms with Gasteiger partial charge in [0.05, 0.1) is 16.8 Å². The number of hydrogen-bond donors (Lipinski definition) is 0. The van der Waals surface area contributed by atoms with Gasteiger partial charge in [0.1, 0.15) is 0 Å². The number of carbonyl (C=O) groups excluding carboxylic acids is 2. The maximum Gasteiger partial charge on any atom is 0.266 e. The number of benzene rings is 2. The molecular formula is C18H17NO2. The third kappa shape index (κ3) is 2.25. The molecule has 1 aliphatic heterocycles. The quantitative estimate of drug-likeness (QED) is 0.798. The molecule has 1 heterocycles. The molecule has 2 aromatic rings. The highest BCUT2D eigenvalue weighted by molar-refractivity contribution is 6.34. The van der Waals surface area contributed by atoms with Crippen molar-refractivity contribution in [3.8, 4) is 0 Å². The van der Waals surface area contributed by atoms with Crippen LogP contribution < -0.4 is 4.90 Å². The lowest BCUT2D eigenvalue weighted by atomic mass is 10.1. The molecule has 3 nitrogen and oxygen atoms in total. The second kappa shape index (κ2) is 5.52. The summed E-state index contributed by atoms with van der Waals surface area (Å²) in [7, 11) is 0. The smallest absolute Gasteiger partial charge is 0.266 e. The van der Waals surface area contributed by atoms with Gasteiger partial charge in [0.15, 0.2) is 0 Å². The molecule has 3 heteroatoms. The third-order valence-corrected chi connectivity index (χ3v) is 3.83. The highest BCUT2D eigenvalue weighted by Crippen LogP contribution is 2.31. The highest BCUT2D eigenvalue weighted by Gasteiger charge is 2.36. The van der Waals surface area contributed by atoms with Gasteiger partial charge in [-0.25, -0.2) is 4.90 Å². The van der Waals surface area contributed by atoms with E-state index in [4.69, 9.17) is 0 Å². The van der Waals surface area contributed by atoms with Crippen LogP contribution in [0.15, 0.2) is 48.5 Å². The number of fused-ring (bicyclic) bond motifs is 1. The Hall–Kier alpha value is -2.42. The van der Waals surface area contributed by atoms with Crippen molar-refractivity contribution in [3.05, 3.63) is 65.2 Å². The van der Waals surface area contributed by atoms with E-state index in [2.05, 4.69) is 6.92 Å². The Balaban J connectivity index is 2.03. The Bertz CT molecular complexity index is 671. The summed E-state index contributed by atoms with van der Waals surface area (Å²) >= 11 is 0. The summed E-state index contributed by atoms with van der Waals surface area (Å²) in [5, 5.41) is 0. The molecule has 0 atom stereocenters. The monoisotopic (exact) mass is 279 g/mol. The second-order valence-electron chi connectivity index (χ2n) is 5.22. The standard InChI is InChI=1S/C18H17NO2/c1-2-3-8-13-9-4-7-12-16(13)19-17(20)14-10-5-6-11-15(14)18(19)21/h4-7,9-12H,2-3,8H2,1H3. The summed E-state index contributed by atoms with van der Waals surface area (Å²) < 4.78 is 0. The number of carbonyl (C=O) groups is 2. The lowest BCUT2D eigenvalue weighted by molar-refractivity contribution is 0.0926. The average Bonchev–Trinajstić information content (AvgIpc) is 2.78. The second-order valence-corrected chi connectivity index (χ2v) is 5.22. The Kier molecular flexibility index (Phi) is 3.57. The van der Waals surface area contributed by atoms with E-state index >= 15 is 0 Å². The zero-order valence-corrected chi connectivity index (χ0v) is 12.0. The van der Waals surface area contributed by atoms with Crippen molar-refractivity contribution in [2.75, 3.05) is 4.90 Å². The minimum Gasteiger partial charge on any atom is -0.268 e. The number of amides is 2. The predicted octanol–water partition coefficient (Wildman–Crippen LogP) is 3.83. The Morgan fingerprint density at radius 3 is 2.05 bits per heavy atom. The van der Waals surface area contributed by atoms with Crippen LogP contribution in [0.4, 0.5) is 5.69 Å². The molecule has 0 aliphatic carbocycles. The number of imide groups is 1. The molecule has 2 amide bonds. The fraction of sp³-hybridized carbons (Fsp3) is 0.222. The van der Waals surface area contributed by atoms with Gasteiger partial charge in [0.2, 0.25) is 0 Å². The molecule has 0 fully saturated rings. The maximum atomic E-state index is 12.5. The van der Waals surface area contributed by atoms with Crippen LogP contribution in [-0.4, -0.2) is 11.8 Å². The molecule has 0 saturated carbocycles. The molecule has 0 spiro atoms. The normalized spacial score (nSPS) is 13.7. The van der Waals surface area contributed by atoms with Crippen molar-refractivity contribution >= 4 is 17.5 Å². The zero-order valence-electron chi connectivity index (χ0n) is 12.0. The molecule has 3 rings (SSSR count). The van der Waals surface area contributed by atoms with E-state index < -0.39 is 0 Å². The summed E-state index contributed by atoms with van der Waals surface area (Å²) in [4.78, 5) is 26.4. The molecule has 2 aromatic carbocycles. The van der Waals surface area contributed by atoms with Crippen molar-refractivity contribution in [2.24, 2.45) is 0 Å². The largest absolute Gasteiger partial charge is 0.268 e. The zero-order chi connectivity index (χ0) is 14.8. The van der Waals surface area contributed by atoms with Crippen molar-refractivity contribution in [2.45, 2.75) is 26.2 Å². The molecule has 0 N–H and O–H groups in total. The van der Waals surface area contributed by atoms with E-state index in [-0.39, 0.29) is 11.8 Å². The molecule has 0 bridgehead atoms. The van der Waals surface area contributed by atoms with Crippen LogP contribution in [0, 0.1) is 0 Å². The van der Waals surface area contributed by atoms with Gasteiger partial charge in [-0.2, -0.15) is 0 Å². The molecule has 1 aliphatic rings. The van der Waals surface area contributed by atoms with Crippen LogP contribution in [0.3, 0.4) is 0 Å². The first kappa shape index (κ1) is 13.6. The van der Waals surface area contributed by atoms with Gasteiger partial charge >= 0.3 is 0 Å². The Morgan fingerprint density at radius 1 is 0.857 bits per heavy atom. The van der Waals surface area contributed by atoms with Crippen molar-refractivity contribution < 1.29 is 9.59 Å². The van der Waals surface area contributed by atoms with E-state index in [1.807, 2.05) is 24.3 Å². The van der Waals surface area contributed by atoms with E-state index in [0.29, 0.717) is 11.1 Å². The number of nitrogens with zero attached hydrogens (tertiary/aromatic N) is 1. The van der Waals surface area contributed by atoms with Crippen molar-refractivity contribution in [3.63, 3.8) is 0 Å². The number of anilines is 1. The highest BCUT2D eigenvalue weighted by atomic mass is 16.2. The van der Waals surface area contributed by atoms with Gasteiger partial charge < -0.3 is 0 Å². The van der Waals surface area contributed by atoms with Crippen molar-refractivity contribution in [1.82, 2.24) is 0 Å². The fourth-order valence-electron chi connectivity index (χ4n) is 2.72. The topological polar surface area (TPSA) is 37.4 Å². The first-order valence-electron chi connectivity index (χ1n) is 7.29. The number of rotatable bonds is 4. The van der Waals surface area contributed by atoms with Crippen molar-refractivity contribution in [1.29, 1.82) is 0 Å². The summed E-state index contributed by atoms with van der Waals surface area (Å²) in [5.74, 6) is -0.445. The van der Waals surface area contributed by atoms with Crippen LogP contribution in [-0.2, 0) is 6.42 Å². The SMILES string of the molecule is CCCCc1ccccc1N1C(=O)c2ccccc2C1=O. The summed E-state index contributed by atoms with van der Waals surface area (Å²) in [6.07, 6.45) is 3.00. The van der Waals surface area contributed by atoms with Gasteiger partial charge in [0, 0.05) is 0 Å². The number of aryl methyl sites for hydroxylation is 1. The predicted molar refractivity (Wildman–Crippen MR) is 82.6 cm³/mol. The van der Waals surface area contributed by atoms with E-state index in [0.717, 1.165) is 30.5 Å². The van der Waals surface area contributed by atoms with Crippen LogP contribution in [0.5, 0.6) is 0 Å². The molecule has 0 unspecified atom stereocenters. The first-order valence-corrected chi connectivity index (χ1v) is 7.29. The van der Waals surface area contributed by atoms with Gasteiger partial charge in [-0.15, -0.1) is 0 Å². The number of unbranched alkanes of at least 4 members (excludes halogenated alkanes) is 1. The number of para-hydroxylation sites is 1. The minimum absolute atomic E-state index is 0.223. The van der Waals surface area contributed by atoms with Crippen LogP contribution >= 0.6 is 0 Å². The molecule has 0 aromatic heterocycles. The Morgan fingerprint density at radius 2 is 1.43 bits per heavy atom. The van der Waals surface area contributed by atoms with Gasteiger partial charge in [-0.3, -0.25) is 9.59 Å². The van der Waals surface area contributed by atoms with E-state index in [9.17, 15) is 9.59 Å². The summed E-state index contributed by atoms with van der Waals surface area (Å²) in [6, 6.07) is 14.7. The van der Waals surface area contributed by atoms with E-state index in [1.165, 1.54) is 4.90 Å². The third-order valence-electron chi connectivity index (χ3n) is 3.83.